The summed E-state index contributed by atoms with van der Waals surface area (Å²) in [5, 5.41) is 6.23. The van der Waals surface area contributed by atoms with E-state index >= 15 is 0 Å². The van der Waals surface area contributed by atoms with Crippen LogP contribution in [-0.2, 0) is 13.0 Å². The second-order valence-corrected chi connectivity index (χ2v) is 4.29. The van der Waals surface area contributed by atoms with Crippen molar-refractivity contribution in [1.82, 2.24) is 5.32 Å². The molecule has 0 atom stereocenters. The molecule has 0 unspecified atom stereocenters. The molecular formula is C14H15N. The lowest BCUT2D eigenvalue weighted by Crippen LogP contribution is -2.24. The number of nitrogens with one attached hydrogen (secondary N) is 1. The Hall–Kier alpha value is -1.34. The van der Waals surface area contributed by atoms with E-state index in [-0.39, 0.29) is 0 Å². The number of rotatable bonds is 0. The summed E-state index contributed by atoms with van der Waals surface area (Å²) >= 11 is 0. The number of hydrogen-bond donors (Lipinski definition) is 1. The molecular weight excluding hydrogens is 182 g/mol. The molecule has 0 aromatic heterocycles. The van der Waals surface area contributed by atoms with Crippen molar-refractivity contribution in [2.75, 3.05) is 6.54 Å². The predicted octanol–water partition coefficient (Wildman–Crippen LogP) is 2.79. The van der Waals surface area contributed by atoms with Crippen LogP contribution in [0, 0.1) is 6.92 Å². The van der Waals surface area contributed by atoms with E-state index in [4.69, 9.17) is 0 Å². The summed E-state index contributed by atoms with van der Waals surface area (Å²) in [5.41, 5.74) is 4.50. The Morgan fingerprint density at radius 1 is 1.20 bits per heavy atom. The zero-order valence-corrected chi connectivity index (χ0v) is 9.01. The SMILES string of the molecule is Cc1c2c(cc3ccccc13)CCNC2. The van der Waals surface area contributed by atoms with E-state index in [2.05, 4.69) is 42.6 Å². The maximum absolute atomic E-state index is 3.45. The second kappa shape index (κ2) is 3.35. The molecule has 0 fully saturated rings. The average Bonchev–Trinajstić information content (AvgIpc) is 2.30. The number of aryl methyl sites for hydroxylation is 1. The lowest BCUT2D eigenvalue weighted by molar-refractivity contribution is 0.642. The summed E-state index contributed by atoms with van der Waals surface area (Å²) in [6, 6.07) is 11.0. The van der Waals surface area contributed by atoms with Crippen LogP contribution in [-0.4, -0.2) is 6.54 Å². The Labute approximate surface area is 90.1 Å². The smallest absolute Gasteiger partial charge is 0.0211 e. The quantitative estimate of drug-likeness (QED) is 0.684. The van der Waals surface area contributed by atoms with Gasteiger partial charge in [-0.15, -0.1) is 0 Å². The first kappa shape index (κ1) is 8.93. The summed E-state index contributed by atoms with van der Waals surface area (Å²) in [6.45, 7) is 4.39. The van der Waals surface area contributed by atoms with Gasteiger partial charge in [0.1, 0.15) is 0 Å². The molecule has 1 heteroatoms. The van der Waals surface area contributed by atoms with E-state index < -0.39 is 0 Å². The molecule has 0 aliphatic carbocycles. The standard InChI is InChI=1S/C14H15N/c1-10-13-5-3-2-4-11(13)8-12-6-7-15-9-14(10)12/h2-5,8,15H,6-7,9H2,1H3. The molecule has 2 aromatic carbocycles. The first-order valence-corrected chi connectivity index (χ1v) is 5.57. The summed E-state index contributed by atoms with van der Waals surface area (Å²) in [7, 11) is 0. The van der Waals surface area contributed by atoms with Gasteiger partial charge in [-0.1, -0.05) is 30.3 Å². The van der Waals surface area contributed by atoms with Crippen molar-refractivity contribution in [3.63, 3.8) is 0 Å². The third kappa shape index (κ3) is 1.35. The lowest BCUT2D eigenvalue weighted by atomic mass is 9.91. The van der Waals surface area contributed by atoms with Gasteiger partial charge in [-0.2, -0.15) is 0 Å². The molecule has 0 amide bonds. The van der Waals surface area contributed by atoms with Crippen molar-refractivity contribution >= 4 is 10.8 Å². The molecule has 3 rings (SSSR count). The highest BCUT2D eigenvalue weighted by Crippen LogP contribution is 2.27. The molecule has 15 heavy (non-hydrogen) atoms. The van der Waals surface area contributed by atoms with Crippen LogP contribution < -0.4 is 5.32 Å². The highest BCUT2D eigenvalue weighted by molar-refractivity contribution is 5.87. The second-order valence-electron chi connectivity index (χ2n) is 4.29. The highest BCUT2D eigenvalue weighted by atomic mass is 14.9. The molecule has 0 saturated carbocycles. The summed E-state index contributed by atoms with van der Waals surface area (Å²) in [6.07, 6.45) is 1.17. The number of fused-ring (bicyclic) bond motifs is 2. The average molecular weight is 197 g/mol. The van der Waals surface area contributed by atoms with Crippen LogP contribution >= 0.6 is 0 Å². The molecule has 0 bridgehead atoms. The maximum atomic E-state index is 3.45. The molecule has 1 heterocycles. The molecule has 0 spiro atoms. The van der Waals surface area contributed by atoms with Gasteiger partial charge in [-0.25, -0.2) is 0 Å². The first-order valence-electron chi connectivity index (χ1n) is 5.57. The first-order chi connectivity index (χ1) is 7.36. The molecule has 1 nitrogen and oxygen atoms in total. The maximum Gasteiger partial charge on any atom is 0.0211 e. The monoisotopic (exact) mass is 197 g/mol. The third-order valence-electron chi connectivity index (χ3n) is 3.41. The van der Waals surface area contributed by atoms with Crippen molar-refractivity contribution in [2.24, 2.45) is 0 Å². The minimum Gasteiger partial charge on any atom is -0.312 e. The van der Waals surface area contributed by atoms with E-state index in [0.717, 1.165) is 13.1 Å². The van der Waals surface area contributed by atoms with Gasteiger partial charge in [-0.3, -0.25) is 0 Å². The van der Waals surface area contributed by atoms with Crippen LogP contribution in [0.3, 0.4) is 0 Å². The predicted molar refractivity (Wildman–Crippen MR) is 64.1 cm³/mol. The molecule has 2 aromatic rings. The van der Waals surface area contributed by atoms with Gasteiger partial charge in [0.25, 0.3) is 0 Å². The van der Waals surface area contributed by atoms with Gasteiger partial charge < -0.3 is 5.32 Å². The minimum absolute atomic E-state index is 1.03. The number of benzene rings is 2. The Kier molecular flexibility index (Phi) is 2.00. The normalized spacial score (nSPS) is 15.3. The highest BCUT2D eigenvalue weighted by Gasteiger charge is 2.12. The molecule has 0 radical (unpaired) electrons. The number of hydrogen-bond acceptors (Lipinski definition) is 1. The van der Waals surface area contributed by atoms with E-state index in [0.29, 0.717) is 0 Å². The topological polar surface area (TPSA) is 12.0 Å². The van der Waals surface area contributed by atoms with Crippen LogP contribution in [0.5, 0.6) is 0 Å². The van der Waals surface area contributed by atoms with Gasteiger partial charge in [0.2, 0.25) is 0 Å². The zero-order valence-electron chi connectivity index (χ0n) is 9.01. The fourth-order valence-corrected chi connectivity index (χ4v) is 2.55. The third-order valence-corrected chi connectivity index (χ3v) is 3.41. The van der Waals surface area contributed by atoms with Crippen LogP contribution in [0.1, 0.15) is 16.7 Å². The van der Waals surface area contributed by atoms with E-state index in [9.17, 15) is 0 Å². The van der Waals surface area contributed by atoms with Crippen molar-refractivity contribution in [3.8, 4) is 0 Å². The van der Waals surface area contributed by atoms with Crippen LogP contribution in [0.15, 0.2) is 30.3 Å². The lowest BCUT2D eigenvalue weighted by Gasteiger charge is -2.20. The molecule has 0 saturated heterocycles. The van der Waals surface area contributed by atoms with Gasteiger partial charge in [-0.05, 0) is 47.4 Å². The summed E-state index contributed by atoms with van der Waals surface area (Å²) in [4.78, 5) is 0. The Bertz CT molecular complexity index is 514. The van der Waals surface area contributed by atoms with Crippen molar-refractivity contribution in [1.29, 1.82) is 0 Å². The Morgan fingerprint density at radius 2 is 2.07 bits per heavy atom. The van der Waals surface area contributed by atoms with E-state index in [1.165, 1.54) is 33.9 Å². The van der Waals surface area contributed by atoms with Crippen LogP contribution in [0.2, 0.25) is 0 Å². The van der Waals surface area contributed by atoms with Gasteiger partial charge >= 0.3 is 0 Å². The van der Waals surface area contributed by atoms with Crippen LogP contribution in [0.25, 0.3) is 10.8 Å². The van der Waals surface area contributed by atoms with Crippen molar-refractivity contribution in [2.45, 2.75) is 19.9 Å². The molecule has 1 aliphatic rings. The molecule has 1 N–H and O–H groups in total. The minimum atomic E-state index is 1.03. The van der Waals surface area contributed by atoms with Gasteiger partial charge in [0.15, 0.2) is 0 Å². The zero-order chi connectivity index (χ0) is 10.3. The fraction of sp³-hybridized carbons (Fsp3) is 0.286. The summed E-state index contributed by atoms with van der Waals surface area (Å²) in [5.74, 6) is 0. The molecule has 76 valence electrons. The van der Waals surface area contributed by atoms with Crippen molar-refractivity contribution < 1.29 is 0 Å². The summed E-state index contributed by atoms with van der Waals surface area (Å²) < 4.78 is 0. The van der Waals surface area contributed by atoms with Gasteiger partial charge in [0, 0.05) is 6.54 Å². The molecule has 1 aliphatic heterocycles. The van der Waals surface area contributed by atoms with Crippen molar-refractivity contribution in [3.05, 3.63) is 47.0 Å². The Morgan fingerprint density at radius 3 is 3.00 bits per heavy atom. The largest absolute Gasteiger partial charge is 0.312 e. The van der Waals surface area contributed by atoms with E-state index in [1.54, 1.807) is 0 Å². The fourth-order valence-electron chi connectivity index (χ4n) is 2.55. The van der Waals surface area contributed by atoms with E-state index in [1.807, 2.05) is 0 Å². The van der Waals surface area contributed by atoms with Crippen LogP contribution in [0.4, 0.5) is 0 Å². The Balaban J connectivity index is 2.36. The van der Waals surface area contributed by atoms with Gasteiger partial charge in [0.05, 0.1) is 0 Å².